The van der Waals surface area contributed by atoms with Gasteiger partial charge in [0.1, 0.15) is 5.82 Å². The smallest absolute Gasteiger partial charge is 0.214 e. The first-order chi connectivity index (χ1) is 14.5. The Morgan fingerprint density at radius 3 is 2.47 bits per heavy atom. The molecule has 0 spiro atoms. The number of aryl methyl sites for hydroxylation is 2. The minimum atomic E-state index is -0.232. The van der Waals surface area contributed by atoms with Gasteiger partial charge in [0.25, 0.3) is 0 Å². The number of tetrazole rings is 1. The zero-order valence-corrected chi connectivity index (χ0v) is 18.1. The summed E-state index contributed by atoms with van der Waals surface area (Å²) in [4.78, 5) is 3.73. The van der Waals surface area contributed by atoms with Gasteiger partial charge < -0.3 is 9.80 Å². The molecule has 0 saturated carbocycles. The van der Waals surface area contributed by atoms with E-state index in [0.717, 1.165) is 32.0 Å². The van der Waals surface area contributed by atoms with Crippen molar-refractivity contribution < 1.29 is 9.29 Å². The van der Waals surface area contributed by atoms with Gasteiger partial charge in [0.2, 0.25) is 5.82 Å². The van der Waals surface area contributed by atoms with Crippen LogP contribution in [0.3, 0.4) is 0 Å². The molecule has 1 fully saturated rings. The lowest BCUT2D eigenvalue weighted by atomic mass is 10.0. The van der Waals surface area contributed by atoms with Gasteiger partial charge in [0, 0.05) is 5.69 Å². The minimum absolute atomic E-state index is 0.111. The average Bonchev–Trinajstić information content (AvgIpc) is 3.22. The van der Waals surface area contributed by atoms with E-state index in [1.165, 1.54) is 27.8 Å². The summed E-state index contributed by atoms with van der Waals surface area (Å²) >= 11 is 0. The van der Waals surface area contributed by atoms with E-state index in [4.69, 9.17) is 0 Å². The Balaban J connectivity index is 1.64. The first-order valence-corrected chi connectivity index (χ1v) is 10.6. The standard InChI is InChI=1S/C23H29FN6/c1-16(2)30-23(25-26-27-30)22(19-7-5-6-8-20(19)24)29-13-11-28(12-14-29)21-15-17(3)9-10-18(21)4/h5-10,15-16,22H,11-14H2,1-4H3/p+1/t22-/m0/s1. The summed E-state index contributed by atoms with van der Waals surface area (Å²) in [6.07, 6.45) is 0. The van der Waals surface area contributed by atoms with Gasteiger partial charge in [-0.1, -0.05) is 24.3 Å². The second-order valence-corrected chi connectivity index (χ2v) is 8.47. The SMILES string of the molecule is Cc1ccc(C)c(N2CC[NH+]([C@@H](c3ccccc3F)c3nnnn3C(C)C)CC2)c1. The molecule has 3 aromatic rings. The molecule has 0 radical (unpaired) electrons. The van der Waals surface area contributed by atoms with Gasteiger partial charge >= 0.3 is 0 Å². The van der Waals surface area contributed by atoms with Crippen molar-refractivity contribution in [2.75, 3.05) is 31.1 Å². The van der Waals surface area contributed by atoms with Crippen molar-refractivity contribution in [2.45, 2.75) is 39.8 Å². The molecule has 30 heavy (non-hydrogen) atoms. The maximum absolute atomic E-state index is 14.9. The van der Waals surface area contributed by atoms with Crippen molar-refractivity contribution >= 4 is 5.69 Å². The molecule has 1 aliphatic rings. The van der Waals surface area contributed by atoms with E-state index in [9.17, 15) is 4.39 Å². The molecular weight excluding hydrogens is 379 g/mol. The molecule has 1 aliphatic heterocycles. The van der Waals surface area contributed by atoms with Crippen LogP contribution < -0.4 is 9.80 Å². The zero-order valence-electron chi connectivity index (χ0n) is 18.1. The highest BCUT2D eigenvalue weighted by Crippen LogP contribution is 2.24. The molecular formula is C23H30FN6+. The van der Waals surface area contributed by atoms with Crippen molar-refractivity contribution in [3.8, 4) is 0 Å². The Hall–Kier alpha value is -2.80. The van der Waals surface area contributed by atoms with E-state index in [-0.39, 0.29) is 17.9 Å². The number of aromatic nitrogens is 4. The number of anilines is 1. The number of piperazine rings is 1. The van der Waals surface area contributed by atoms with Crippen LogP contribution in [0.1, 0.15) is 48.4 Å². The molecule has 1 N–H and O–H groups in total. The van der Waals surface area contributed by atoms with Gasteiger partial charge in [0.15, 0.2) is 6.04 Å². The molecule has 1 saturated heterocycles. The molecule has 0 amide bonds. The van der Waals surface area contributed by atoms with Crippen LogP contribution in [0.4, 0.5) is 10.1 Å². The topological polar surface area (TPSA) is 51.3 Å². The second-order valence-electron chi connectivity index (χ2n) is 8.47. The van der Waals surface area contributed by atoms with E-state index < -0.39 is 0 Å². The highest BCUT2D eigenvalue weighted by Gasteiger charge is 2.36. The largest absolute Gasteiger partial charge is 0.360 e. The number of quaternary nitrogens is 1. The van der Waals surface area contributed by atoms with Gasteiger partial charge in [-0.05, 0) is 67.4 Å². The number of nitrogens with one attached hydrogen (secondary N) is 1. The second kappa shape index (κ2) is 8.52. The summed E-state index contributed by atoms with van der Waals surface area (Å²) < 4.78 is 16.7. The van der Waals surface area contributed by atoms with Gasteiger partial charge in [-0.25, -0.2) is 9.07 Å². The summed E-state index contributed by atoms with van der Waals surface area (Å²) in [6, 6.07) is 13.5. The lowest BCUT2D eigenvalue weighted by Crippen LogP contribution is -3.15. The maximum Gasteiger partial charge on any atom is 0.214 e. The number of benzene rings is 2. The van der Waals surface area contributed by atoms with Crippen LogP contribution >= 0.6 is 0 Å². The number of hydrogen-bond donors (Lipinski definition) is 1. The summed E-state index contributed by atoms with van der Waals surface area (Å²) in [6.45, 7) is 12.0. The Morgan fingerprint density at radius 2 is 1.77 bits per heavy atom. The summed E-state index contributed by atoms with van der Waals surface area (Å²) in [5.74, 6) is 0.524. The first kappa shape index (κ1) is 20.5. The van der Waals surface area contributed by atoms with Gasteiger partial charge in [-0.15, -0.1) is 5.10 Å². The number of nitrogens with zero attached hydrogens (tertiary/aromatic N) is 5. The highest BCUT2D eigenvalue weighted by atomic mass is 19.1. The van der Waals surface area contributed by atoms with E-state index in [1.807, 2.05) is 30.7 Å². The normalized spacial score (nSPS) is 16.3. The Labute approximate surface area is 177 Å². The quantitative estimate of drug-likeness (QED) is 0.704. The van der Waals surface area contributed by atoms with Gasteiger partial charge in [0.05, 0.1) is 37.8 Å². The number of rotatable bonds is 5. The fraction of sp³-hybridized carbons (Fsp3) is 0.435. The fourth-order valence-electron chi connectivity index (χ4n) is 4.39. The van der Waals surface area contributed by atoms with Crippen LogP contribution in [0.25, 0.3) is 0 Å². The van der Waals surface area contributed by atoms with Crippen LogP contribution in [0.5, 0.6) is 0 Å². The lowest BCUT2D eigenvalue weighted by molar-refractivity contribution is -0.927. The van der Waals surface area contributed by atoms with Crippen molar-refractivity contribution in [1.82, 2.24) is 20.2 Å². The molecule has 0 aliphatic carbocycles. The molecule has 4 rings (SSSR count). The highest BCUT2D eigenvalue weighted by molar-refractivity contribution is 5.55. The van der Waals surface area contributed by atoms with E-state index >= 15 is 0 Å². The fourth-order valence-corrected chi connectivity index (χ4v) is 4.39. The third kappa shape index (κ3) is 3.94. The minimum Gasteiger partial charge on any atom is -0.360 e. The molecule has 158 valence electrons. The maximum atomic E-state index is 14.9. The molecule has 1 aromatic heterocycles. The average molecular weight is 410 g/mol. The van der Waals surface area contributed by atoms with Crippen molar-refractivity contribution in [3.63, 3.8) is 0 Å². The number of hydrogen-bond acceptors (Lipinski definition) is 4. The van der Waals surface area contributed by atoms with Crippen molar-refractivity contribution in [1.29, 1.82) is 0 Å². The predicted octanol–water partition coefficient (Wildman–Crippen LogP) is 2.50. The van der Waals surface area contributed by atoms with E-state index in [2.05, 4.69) is 52.5 Å². The van der Waals surface area contributed by atoms with Crippen LogP contribution in [-0.2, 0) is 0 Å². The molecule has 2 aromatic carbocycles. The molecule has 1 atom stereocenters. The van der Waals surface area contributed by atoms with Crippen molar-refractivity contribution in [3.05, 3.63) is 70.8 Å². The summed E-state index contributed by atoms with van der Waals surface area (Å²) in [5.41, 5.74) is 4.51. The first-order valence-electron chi connectivity index (χ1n) is 10.6. The monoisotopic (exact) mass is 409 g/mol. The lowest BCUT2D eigenvalue weighted by Gasteiger charge is -2.38. The van der Waals surface area contributed by atoms with Crippen LogP contribution in [-0.4, -0.2) is 46.4 Å². The molecule has 6 nitrogen and oxygen atoms in total. The molecule has 2 heterocycles. The Kier molecular flexibility index (Phi) is 5.81. The van der Waals surface area contributed by atoms with Crippen LogP contribution in [0.2, 0.25) is 0 Å². The summed E-state index contributed by atoms with van der Waals surface area (Å²) in [7, 11) is 0. The van der Waals surface area contributed by atoms with E-state index in [1.54, 1.807) is 6.07 Å². The zero-order chi connectivity index (χ0) is 21.3. The summed E-state index contributed by atoms with van der Waals surface area (Å²) in [5, 5.41) is 12.4. The molecule has 7 heteroatoms. The molecule has 0 bridgehead atoms. The van der Waals surface area contributed by atoms with Gasteiger partial charge in [-0.3, -0.25) is 0 Å². The van der Waals surface area contributed by atoms with Crippen LogP contribution in [0.15, 0.2) is 42.5 Å². The van der Waals surface area contributed by atoms with E-state index in [0.29, 0.717) is 5.56 Å². The molecule has 0 unspecified atom stereocenters. The van der Waals surface area contributed by atoms with Crippen LogP contribution in [0, 0.1) is 19.7 Å². The predicted molar refractivity (Wildman–Crippen MR) is 115 cm³/mol. The Morgan fingerprint density at radius 1 is 1.03 bits per heavy atom. The Bertz CT molecular complexity index is 1010. The van der Waals surface area contributed by atoms with Crippen molar-refractivity contribution in [2.24, 2.45) is 0 Å². The third-order valence-electron chi connectivity index (χ3n) is 6.00. The number of halogens is 1. The van der Waals surface area contributed by atoms with Gasteiger partial charge in [-0.2, -0.15) is 0 Å². The third-order valence-corrected chi connectivity index (χ3v) is 6.00.